The summed E-state index contributed by atoms with van der Waals surface area (Å²) in [4.78, 5) is 4.63. The van der Waals surface area contributed by atoms with Gasteiger partial charge in [-0.15, -0.1) is 11.6 Å². The monoisotopic (exact) mass is 338 g/mol. The van der Waals surface area contributed by atoms with Crippen LogP contribution in [0.15, 0.2) is 36.4 Å². The maximum atomic E-state index is 6.36. The van der Waals surface area contributed by atoms with Crippen molar-refractivity contribution in [1.29, 1.82) is 0 Å². The molecule has 0 bridgehead atoms. The molecule has 0 spiro atoms. The Morgan fingerprint density at radius 2 is 1.86 bits per heavy atom. The third-order valence-electron chi connectivity index (χ3n) is 3.34. The number of aryl methyl sites for hydroxylation is 1. The predicted molar refractivity (Wildman–Crippen MR) is 90.1 cm³/mol. The Labute approximate surface area is 138 Å². The highest BCUT2D eigenvalue weighted by Gasteiger charge is 2.18. The van der Waals surface area contributed by atoms with Gasteiger partial charge in [-0.3, -0.25) is 4.57 Å². The topological polar surface area (TPSA) is 17.8 Å². The average molecular weight is 340 g/mol. The van der Waals surface area contributed by atoms with Gasteiger partial charge in [-0.05, 0) is 49.7 Å². The minimum absolute atomic E-state index is 0.232. The van der Waals surface area contributed by atoms with Gasteiger partial charge < -0.3 is 0 Å². The fourth-order valence-electron chi connectivity index (χ4n) is 2.39. The highest BCUT2D eigenvalue weighted by Crippen LogP contribution is 2.33. The largest absolute Gasteiger partial charge is 0.294 e. The van der Waals surface area contributed by atoms with E-state index in [9.17, 15) is 0 Å². The van der Waals surface area contributed by atoms with Crippen LogP contribution in [0.2, 0.25) is 10.0 Å². The molecule has 3 rings (SSSR count). The van der Waals surface area contributed by atoms with Gasteiger partial charge in [0.2, 0.25) is 0 Å². The Morgan fingerprint density at radius 1 is 1.10 bits per heavy atom. The molecule has 0 aliphatic carbocycles. The smallest absolute Gasteiger partial charge is 0.132 e. The van der Waals surface area contributed by atoms with Crippen LogP contribution in [-0.2, 0) is 0 Å². The van der Waals surface area contributed by atoms with Gasteiger partial charge in [-0.1, -0.05) is 29.3 Å². The molecule has 0 aliphatic rings. The third kappa shape index (κ3) is 2.64. The number of benzene rings is 2. The maximum absolute atomic E-state index is 6.36. The number of hydrogen-bond donors (Lipinski definition) is 0. The van der Waals surface area contributed by atoms with E-state index in [1.54, 1.807) is 6.07 Å². The quantitative estimate of drug-likeness (QED) is 0.528. The number of halogens is 3. The summed E-state index contributed by atoms with van der Waals surface area (Å²) in [5.41, 5.74) is 3.87. The van der Waals surface area contributed by atoms with Crippen LogP contribution in [0.4, 0.5) is 0 Å². The van der Waals surface area contributed by atoms with E-state index >= 15 is 0 Å². The van der Waals surface area contributed by atoms with E-state index < -0.39 is 0 Å². The molecule has 1 atom stereocenters. The van der Waals surface area contributed by atoms with Gasteiger partial charge in [0.15, 0.2) is 0 Å². The molecule has 2 nitrogen and oxygen atoms in total. The number of hydrogen-bond acceptors (Lipinski definition) is 1. The van der Waals surface area contributed by atoms with Crippen molar-refractivity contribution in [2.24, 2.45) is 0 Å². The summed E-state index contributed by atoms with van der Waals surface area (Å²) >= 11 is 18.7. The van der Waals surface area contributed by atoms with Crippen LogP contribution in [0.1, 0.15) is 23.7 Å². The van der Waals surface area contributed by atoms with E-state index in [-0.39, 0.29) is 5.38 Å². The summed E-state index contributed by atoms with van der Waals surface area (Å²) in [6.45, 7) is 3.94. The van der Waals surface area contributed by atoms with Gasteiger partial charge in [0.1, 0.15) is 5.82 Å². The minimum atomic E-state index is -0.232. The number of alkyl halides is 1. The molecule has 108 valence electrons. The zero-order chi connectivity index (χ0) is 15.1. The molecule has 2 aromatic carbocycles. The van der Waals surface area contributed by atoms with Gasteiger partial charge in [0, 0.05) is 5.02 Å². The average Bonchev–Trinajstić information content (AvgIpc) is 2.77. The first-order chi connectivity index (χ1) is 9.97. The van der Waals surface area contributed by atoms with Crippen molar-refractivity contribution in [2.45, 2.75) is 19.2 Å². The van der Waals surface area contributed by atoms with Gasteiger partial charge in [-0.2, -0.15) is 0 Å². The second kappa shape index (κ2) is 5.53. The van der Waals surface area contributed by atoms with Crippen LogP contribution in [0.5, 0.6) is 0 Å². The molecule has 0 saturated heterocycles. The lowest BCUT2D eigenvalue weighted by Crippen LogP contribution is -2.02. The molecule has 3 aromatic rings. The Kier molecular flexibility index (Phi) is 3.87. The fraction of sp³-hybridized carbons (Fsp3) is 0.188. The molecule has 0 fully saturated rings. The van der Waals surface area contributed by atoms with Gasteiger partial charge in [-0.25, -0.2) is 4.98 Å². The summed E-state index contributed by atoms with van der Waals surface area (Å²) in [7, 11) is 0. The van der Waals surface area contributed by atoms with Crippen molar-refractivity contribution < 1.29 is 0 Å². The molecule has 0 saturated carbocycles. The van der Waals surface area contributed by atoms with Crippen LogP contribution in [0.3, 0.4) is 0 Å². The summed E-state index contributed by atoms with van der Waals surface area (Å²) < 4.78 is 2.00. The molecule has 0 N–H and O–H groups in total. The first-order valence-corrected chi connectivity index (χ1v) is 7.75. The molecule has 1 heterocycles. The summed E-state index contributed by atoms with van der Waals surface area (Å²) in [5, 5.41) is 0.941. The number of aromatic nitrogens is 2. The molecule has 0 radical (unpaired) electrons. The Morgan fingerprint density at radius 3 is 2.52 bits per heavy atom. The van der Waals surface area contributed by atoms with Crippen LogP contribution in [-0.4, -0.2) is 9.55 Å². The van der Waals surface area contributed by atoms with Crippen LogP contribution in [0, 0.1) is 6.92 Å². The van der Waals surface area contributed by atoms with Crippen LogP contribution >= 0.6 is 34.8 Å². The summed E-state index contributed by atoms with van der Waals surface area (Å²) in [6, 6.07) is 11.5. The summed E-state index contributed by atoms with van der Waals surface area (Å²) in [5.74, 6) is 0.765. The SMILES string of the molecule is Cc1ccc2nc(C(C)Cl)n(-c3ccc(Cl)cc3Cl)c2c1. The zero-order valence-electron chi connectivity index (χ0n) is 11.6. The predicted octanol–water partition coefficient (Wildman–Crippen LogP) is 5.94. The first kappa shape index (κ1) is 14.7. The molecule has 5 heteroatoms. The van der Waals surface area contributed by atoms with Gasteiger partial charge >= 0.3 is 0 Å². The highest BCUT2D eigenvalue weighted by molar-refractivity contribution is 6.35. The van der Waals surface area contributed by atoms with Gasteiger partial charge in [0.25, 0.3) is 0 Å². The molecular formula is C16H13Cl3N2. The Hall–Kier alpha value is -1.22. The van der Waals surface area contributed by atoms with Crippen molar-refractivity contribution in [2.75, 3.05) is 0 Å². The molecular weight excluding hydrogens is 327 g/mol. The van der Waals surface area contributed by atoms with E-state index in [1.165, 1.54) is 0 Å². The van der Waals surface area contributed by atoms with E-state index in [0.717, 1.165) is 28.1 Å². The van der Waals surface area contributed by atoms with Crippen LogP contribution in [0.25, 0.3) is 16.7 Å². The second-order valence-corrected chi connectivity index (χ2v) is 6.51. The third-order valence-corrected chi connectivity index (χ3v) is 4.08. The first-order valence-electron chi connectivity index (χ1n) is 6.56. The molecule has 21 heavy (non-hydrogen) atoms. The lowest BCUT2D eigenvalue weighted by atomic mass is 10.2. The standard InChI is InChI=1S/C16H13Cl3N2/c1-9-3-5-13-15(7-9)21(16(20-13)10(2)17)14-6-4-11(18)8-12(14)19/h3-8,10H,1-2H3. The maximum Gasteiger partial charge on any atom is 0.132 e. The minimum Gasteiger partial charge on any atom is -0.294 e. The highest BCUT2D eigenvalue weighted by atomic mass is 35.5. The molecule has 1 unspecified atom stereocenters. The number of imidazole rings is 1. The van der Waals surface area contributed by atoms with Crippen molar-refractivity contribution in [3.05, 3.63) is 57.8 Å². The zero-order valence-corrected chi connectivity index (χ0v) is 13.8. The van der Waals surface area contributed by atoms with Crippen molar-refractivity contribution in [3.8, 4) is 5.69 Å². The Balaban J connectivity index is 2.38. The van der Waals surface area contributed by atoms with Gasteiger partial charge in [0.05, 0.1) is 27.1 Å². The van der Waals surface area contributed by atoms with Crippen molar-refractivity contribution in [1.82, 2.24) is 9.55 Å². The normalized spacial score (nSPS) is 12.8. The fourth-order valence-corrected chi connectivity index (χ4v) is 3.03. The lowest BCUT2D eigenvalue weighted by molar-refractivity contribution is 0.882. The van der Waals surface area contributed by atoms with E-state index in [4.69, 9.17) is 34.8 Å². The number of rotatable bonds is 2. The molecule has 0 amide bonds. The van der Waals surface area contributed by atoms with Crippen LogP contribution < -0.4 is 0 Å². The van der Waals surface area contributed by atoms with Crippen molar-refractivity contribution >= 4 is 45.8 Å². The number of nitrogens with zero attached hydrogens (tertiary/aromatic N) is 2. The Bertz CT molecular complexity index is 822. The summed E-state index contributed by atoms with van der Waals surface area (Å²) in [6.07, 6.45) is 0. The molecule has 0 aliphatic heterocycles. The lowest BCUT2D eigenvalue weighted by Gasteiger charge is -2.12. The molecule has 1 aromatic heterocycles. The second-order valence-electron chi connectivity index (χ2n) is 5.01. The number of fused-ring (bicyclic) bond motifs is 1. The van der Waals surface area contributed by atoms with E-state index in [1.807, 2.05) is 42.7 Å². The van der Waals surface area contributed by atoms with Crippen molar-refractivity contribution in [3.63, 3.8) is 0 Å². The van der Waals surface area contributed by atoms with E-state index in [0.29, 0.717) is 10.0 Å². The van der Waals surface area contributed by atoms with E-state index in [2.05, 4.69) is 11.1 Å².